The Kier molecular flexibility index (Phi) is 6.00. The predicted molar refractivity (Wildman–Crippen MR) is 113 cm³/mol. The van der Waals surface area contributed by atoms with Crippen molar-refractivity contribution in [2.75, 3.05) is 11.9 Å². The second-order valence-corrected chi connectivity index (χ2v) is 7.48. The summed E-state index contributed by atoms with van der Waals surface area (Å²) in [6, 6.07) is 16.5. The first kappa shape index (κ1) is 19.2. The number of hydrogen-bond donors (Lipinski definition) is 1. The molecule has 0 saturated carbocycles. The van der Waals surface area contributed by atoms with E-state index in [2.05, 4.69) is 43.9 Å². The Bertz CT molecular complexity index is 812. The first-order valence-electron chi connectivity index (χ1n) is 9.92. The van der Waals surface area contributed by atoms with Gasteiger partial charge < -0.3 is 10.2 Å². The Morgan fingerprint density at radius 2 is 2.00 bits per heavy atom. The van der Waals surface area contributed by atoms with Crippen LogP contribution in [-0.4, -0.2) is 23.4 Å². The van der Waals surface area contributed by atoms with Gasteiger partial charge in [0, 0.05) is 17.9 Å². The lowest BCUT2D eigenvalue weighted by molar-refractivity contribution is -0.132. The minimum atomic E-state index is -0.134. The number of rotatable bonds is 6. The summed E-state index contributed by atoms with van der Waals surface area (Å²) in [5, 5.41) is 3.48. The van der Waals surface area contributed by atoms with Crippen molar-refractivity contribution in [1.82, 2.24) is 4.90 Å². The van der Waals surface area contributed by atoms with Gasteiger partial charge in [0.1, 0.15) is 0 Å². The number of nitrogens with one attached hydrogen (secondary N) is 1. The zero-order valence-corrected chi connectivity index (χ0v) is 16.7. The second kappa shape index (κ2) is 8.43. The van der Waals surface area contributed by atoms with E-state index in [1.54, 1.807) is 0 Å². The van der Waals surface area contributed by atoms with Gasteiger partial charge in [-0.2, -0.15) is 0 Å². The molecule has 1 fully saturated rings. The molecular formula is C24H30N2O. The third-order valence-corrected chi connectivity index (χ3v) is 5.60. The van der Waals surface area contributed by atoms with Crippen LogP contribution in [0.4, 0.5) is 5.69 Å². The Hall–Kier alpha value is -2.55. The molecule has 2 aromatic rings. The number of aryl methyl sites for hydroxylation is 2. The fraction of sp³-hybridized carbons (Fsp3) is 0.375. The summed E-state index contributed by atoms with van der Waals surface area (Å²) in [5.41, 5.74) is 5.60. The van der Waals surface area contributed by atoms with E-state index in [1.165, 1.54) is 11.1 Å². The van der Waals surface area contributed by atoms with Crippen LogP contribution in [0.5, 0.6) is 0 Å². The lowest BCUT2D eigenvalue weighted by Crippen LogP contribution is -2.40. The lowest BCUT2D eigenvalue weighted by atomic mass is 9.99. The Morgan fingerprint density at radius 1 is 1.26 bits per heavy atom. The van der Waals surface area contributed by atoms with Gasteiger partial charge >= 0.3 is 0 Å². The molecule has 0 unspecified atom stereocenters. The van der Waals surface area contributed by atoms with Crippen LogP contribution in [0, 0.1) is 6.92 Å². The number of amides is 1. The fourth-order valence-corrected chi connectivity index (χ4v) is 3.87. The lowest BCUT2D eigenvalue weighted by Gasteiger charge is -2.30. The molecule has 1 heterocycles. The largest absolute Gasteiger partial charge is 0.357 e. The first-order valence-corrected chi connectivity index (χ1v) is 9.92. The summed E-state index contributed by atoms with van der Waals surface area (Å²) in [4.78, 5) is 15.1. The average molecular weight is 363 g/mol. The van der Waals surface area contributed by atoms with Crippen LogP contribution < -0.4 is 5.32 Å². The minimum Gasteiger partial charge on any atom is -0.357 e. The van der Waals surface area contributed by atoms with E-state index in [0.29, 0.717) is 0 Å². The summed E-state index contributed by atoms with van der Waals surface area (Å²) in [5.74, 6) is 0.0508. The van der Waals surface area contributed by atoms with Crippen molar-refractivity contribution in [2.24, 2.45) is 0 Å². The zero-order chi connectivity index (χ0) is 19.4. The maximum atomic E-state index is 13.1. The van der Waals surface area contributed by atoms with Gasteiger partial charge in [-0.25, -0.2) is 0 Å². The normalized spacial score (nSPS) is 17.6. The molecule has 2 atom stereocenters. The van der Waals surface area contributed by atoms with E-state index in [4.69, 9.17) is 0 Å². The smallest absolute Gasteiger partial charge is 0.230 e. The number of benzene rings is 2. The van der Waals surface area contributed by atoms with Crippen molar-refractivity contribution < 1.29 is 4.79 Å². The Balaban J connectivity index is 1.72. The second-order valence-electron chi connectivity index (χ2n) is 7.48. The van der Waals surface area contributed by atoms with Crippen LogP contribution in [0.1, 0.15) is 49.3 Å². The van der Waals surface area contributed by atoms with E-state index in [0.717, 1.165) is 42.8 Å². The molecule has 1 amide bonds. The molecule has 0 aromatic heterocycles. The minimum absolute atomic E-state index is 0.0499. The molecule has 1 saturated heterocycles. The zero-order valence-electron chi connectivity index (χ0n) is 16.7. The SMILES string of the molecule is C=C(Nc1ccc(CC)cc1C)[C@@H]1CCCN1C(=O)[C@H](C)c1ccccc1. The summed E-state index contributed by atoms with van der Waals surface area (Å²) in [7, 11) is 0. The van der Waals surface area contributed by atoms with E-state index in [1.807, 2.05) is 42.2 Å². The molecule has 2 aromatic carbocycles. The fourth-order valence-electron chi connectivity index (χ4n) is 3.87. The van der Waals surface area contributed by atoms with Crippen molar-refractivity contribution in [3.63, 3.8) is 0 Å². The highest BCUT2D eigenvalue weighted by Gasteiger charge is 2.33. The maximum Gasteiger partial charge on any atom is 0.230 e. The molecule has 142 valence electrons. The Morgan fingerprint density at radius 3 is 2.67 bits per heavy atom. The number of likely N-dealkylation sites (tertiary alicyclic amines) is 1. The molecule has 0 radical (unpaired) electrons. The Labute approximate surface area is 163 Å². The van der Waals surface area contributed by atoms with Crippen molar-refractivity contribution in [2.45, 2.75) is 52.0 Å². The van der Waals surface area contributed by atoms with Gasteiger partial charge in [-0.3, -0.25) is 4.79 Å². The van der Waals surface area contributed by atoms with Crippen LogP contribution >= 0.6 is 0 Å². The molecule has 1 aliphatic rings. The van der Waals surface area contributed by atoms with Crippen LogP contribution in [0.15, 0.2) is 60.8 Å². The van der Waals surface area contributed by atoms with Crippen molar-refractivity contribution in [3.05, 3.63) is 77.5 Å². The van der Waals surface area contributed by atoms with Gasteiger partial charge in [-0.05, 0) is 55.9 Å². The highest BCUT2D eigenvalue weighted by molar-refractivity contribution is 5.84. The monoisotopic (exact) mass is 362 g/mol. The number of nitrogens with zero attached hydrogens (tertiary/aromatic N) is 1. The van der Waals surface area contributed by atoms with E-state index in [9.17, 15) is 4.79 Å². The highest BCUT2D eigenvalue weighted by Crippen LogP contribution is 2.29. The molecule has 3 rings (SSSR count). The van der Waals surface area contributed by atoms with Gasteiger partial charge in [0.05, 0.1) is 12.0 Å². The van der Waals surface area contributed by atoms with Gasteiger partial charge in [0.25, 0.3) is 0 Å². The summed E-state index contributed by atoms with van der Waals surface area (Å²) >= 11 is 0. The highest BCUT2D eigenvalue weighted by atomic mass is 16.2. The van der Waals surface area contributed by atoms with Crippen LogP contribution in [0.3, 0.4) is 0 Å². The molecule has 0 spiro atoms. The van der Waals surface area contributed by atoms with Crippen molar-refractivity contribution >= 4 is 11.6 Å². The van der Waals surface area contributed by atoms with Crippen LogP contribution in [0.25, 0.3) is 0 Å². The number of hydrogen-bond acceptors (Lipinski definition) is 2. The standard InChI is InChI=1S/C24H30N2O/c1-5-20-13-14-22(17(2)16-20)25-19(4)23-12-9-15-26(23)24(27)18(3)21-10-7-6-8-11-21/h6-8,10-11,13-14,16,18,23,25H,4-5,9,12,15H2,1-3H3/t18-,23+/m1/s1. The summed E-state index contributed by atoms with van der Waals surface area (Å²) in [6.45, 7) is 11.4. The number of carbonyl (C=O) groups excluding carboxylic acids is 1. The first-order chi connectivity index (χ1) is 13.0. The molecule has 0 bridgehead atoms. The number of anilines is 1. The van der Waals surface area contributed by atoms with Gasteiger partial charge in [0.15, 0.2) is 0 Å². The summed E-state index contributed by atoms with van der Waals surface area (Å²) in [6.07, 6.45) is 3.02. The van der Waals surface area contributed by atoms with E-state index < -0.39 is 0 Å². The predicted octanol–water partition coefficient (Wildman–Crippen LogP) is 5.28. The topological polar surface area (TPSA) is 32.3 Å². The van der Waals surface area contributed by atoms with Gasteiger partial charge in [-0.15, -0.1) is 0 Å². The van der Waals surface area contributed by atoms with E-state index in [-0.39, 0.29) is 17.9 Å². The summed E-state index contributed by atoms with van der Waals surface area (Å²) < 4.78 is 0. The van der Waals surface area contributed by atoms with Gasteiger partial charge in [-0.1, -0.05) is 56.0 Å². The third kappa shape index (κ3) is 4.24. The molecule has 1 aliphatic heterocycles. The molecule has 3 heteroatoms. The van der Waals surface area contributed by atoms with Crippen LogP contribution in [-0.2, 0) is 11.2 Å². The molecule has 1 N–H and O–H groups in total. The van der Waals surface area contributed by atoms with E-state index >= 15 is 0 Å². The quantitative estimate of drug-likeness (QED) is 0.758. The van der Waals surface area contributed by atoms with Crippen molar-refractivity contribution in [1.29, 1.82) is 0 Å². The third-order valence-electron chi connectivity index (χ3n) is 5.60. The maximum absolute atomic E-state index is 13.1. The average Bonchev–Trinajstić information content (AvgIpc) is 3.19. The van der Waals surface area contributed by atoms with Crippen LogP contribution in [0.2, 0.25) is 0 Å². The number of carbonyl (C=O) groups is 1. The van der Waals surface area contributed by atoms with Gasteiger partial charge in [0.2, 0.25) is 5.91 Å². The molecule has 3 nitrogen and oxygen atoms in total. The molecular weight excluding hydrogens is 332 g/mol. The molecule has 27 heavy (non-hydrogen) atoms. The molecule has 0 aliphatic carbocycles. The van der Waals surface area contributed by atoms with Crippen molar-refractivity contribution in [3.8, 4) is 0 Å².